The highest BCUT2D eigenvalue weighted by Crippen LogP contribution is 2.41. The van der Waals surface area contributed by atoms with Crippen LogP contribution in [0.3, 0.4) is 0 Å². The lowest BCUT2D eigenvalue weighted by molar-refractivity contribution is 0.0503. The van der Waals surface area contributed by atoms with Crippen LogP contribution in [0.4, 0.5) is 21.6 Å². The minimum absolute atomic E-state index is 0.136. The van der Waals surface area contributed by atoms with E-state index in [4.69, 9.17) is 16.6 Å². The molecule has 0 atom stereocenters. The van der Waals surface area contributed by atoms with Crippen molar-refractivity contribution in [3.8, 4) is 0 Å². The Morgan fingerprint density at radius 2 is 1.95 bits per heavy atom. The summed E-state index contributed by atoms with van der Waals surface area (Å²) < 4.78 is 16.4. The van der Waals surface area contributed by atoms with E-state index < -0.39 is 5.67 Å². The number of alkyl halides is 1. The monoisotopic (exact) mass is 558 g/mol. The van der Waals surface area contributed by atoms with E-state index in [0.29, 0.717) is 71.0 Å². The smallest absolute Gasteiger partial charge is 0.255 e. The van der Waals surface area contributed by atoms with Gasteiger partial charge in [-0.3, -0.25) is 19.1 Å². The molecule has 0 radical (unpaired) electrons. The van der Waals surface area contributed by atoms with Crippen molar-refractivity contribution in [3.63, 3.8) is 0 Å². The lowest BCUT2D eigenvalue weighted by atomic mass is 9.95. The van der Waals surface area contributed by atoms with Gasteiger partial charge in [0.05, 0.1) is 20.6 Å². The molecule has 2 aliphatic rings. The van der Waals surface area contributed by atoms with Crippen LogP contribution in [0, 0.1) is 0 Å². The standard InChI is InChI=1S/C27H32ClFN6O2S/c1-6-23(28)38-19(3)34-13-14-35(21-7-10-33(18(2)36)24(16-21)30-5)25-22(34)15-20(17-31-25)26(37)32-11-8-27(4,29)9-12-32/h6-7,10,15-17H,3,8-9,11-14H2,1-2,4-5H3/b23-6-,30-24?. The molecule has 11 heteroatoms. The molecule has 2 aliphatic heterocycles. The molecule has 0 saturated carbocycles. The zero-order valence-corrected chi connectivity index (χ0v) is 23.7. The molecule has 0 aromatic carbocycles. The van der Waals surface area contributed by atoms with E-state index in [1.54, 1.807) is 37.3 Å². The van der Waals surface area contributed by atoms with Crippen molar-refractivity contribution in [2.75, 3.05) is 43.0 Å². The molecule has 2 aromatic heterocycles. The van der Waals surface area contributed by atoms with Crippen LogP contribution in [0.2, 0.25) is 0 Å². The fourth-order valence-electron chi connectivity index (χ4n) is 4.58. The van der Waals surface area contributed by atoms with Crippen LogP contribution >= 0.6 is 23.4 Å². The molecule has 8 nitrogen and oxygen atoms in total. The number of carbonyl (C=O) groups excluding carboxylic acids is 2. The number of fused-ring (bicyclic) bond motifs is 1. The van der Waals surface area contributed by atoms with Crippen molar-refractivity contribution in [2.45, 2.75) is 39.3 Å². The zero-order valence-electron chi connectivity index (χ0n) is 22.1. The molecular weight excluding hydrogens is 527 g/mol. The predicted molar refractivity (Wildman–Crippen MR) is 152 cm³/mol. The Bertz CT molecular complexity index is 1360. The maximum atomic E-state index is 14.3. The lowest BCUT2D eigenvalue weighted by Gasteiger charge is -2.39. The van der Waals surface area contributed by atoms with E-state index in [1.165, 1.54) is 23.3 Å². The summed E-state index contributed by atoms with van der Waals surface area (Å²) >= 11 is 7.63. The highest BCUT2D eigenvalue weighted by molar-refractivity contribution is 8.08. The second-order valence-corrected chi connectivity index (χ2v) is 11.3. The van der Waals surface area contributed by atoms with Gasteiger partial charge in [-0.25, -0.2) is 9.37 Å². The van der Waals surface area contributed by atoms with Crippen molar-refractivity contribution >= 4 is 52.4 Å². The number of halogens is 2. The molecule has 1 fully saturated rings. The van der Waals surface area contributed by atoms with Gasteiger partial charge in [-0.1, -0.05) is 36.0 Å². The molecule has 1 amide bonds. The first kappa shape index (κ1) is 27.9. The Morgan fingerprint density at radius 3 is 2.58 bits per heavy atom. The van der Waals surface area contributed by atoms with Gasteiger partial charge in [0, 0.05) is 64.3 Å². The summed E-state index contributed by atoms with van der Waals surface area (Å²) in [5.74, 6) is 0.333. The molecule has 0 aliphatic carbocycles. The molecule has 2 aromatic rings. The molecule has 0 unspecified atom stereocenters. The SMILES string of the molecule is C=C(S/C(Cl)=C\C)N1CCN(c2ccn(C(C)=O)c(=NC)c2)c2ncc(C(=O)N3CCC(C)(F)CC3)cc21. The molecule has 0 N–H and O–H groups in total. The average Bonchev–Trinajstić information content (AvgIpc) is 2.91. The molecule has 4 heterocycles. The van der Waals surface area contributed by atoms with Crippen LogP contribution in [-0.2, 0) is 0 Å². The predicted octanol–water partition coefficient (Wildman–Crippen LogP) is 5.30. The van der Waals surface area contributed by atoms with Crippen LogP contribution in [0.15, 0.2) is 57.6 Å². The van der Waals surface area contributed by atoms with Gasteiger partial charge < -0.3 is 14.7 Å². The molecule has 202 valence electrons. The number of allylic oxidation sites excluding steroid dienone is 1. The Balaban J connectivity index is 1.74. The number of aromatic nitrogens is 2. The highest BCUT2D eigenvalue weighted by atomic mass is 35.5. The summed E-state index contributed by atoms with van der Waals surface area (Å²) in [7, 11) is 1.64. The Labute approximate surface area is 231 Å². The number of anilines is 3. The summed E-state index contributed by atoms with van der Waals surface area (Å²) in [4.78, 5) is 40.1. The number of likely N-dealkylation sites (tertiary alicyclic amines) is 1. The first-order chi connectivity index (χ1) is 18.0. The molecule has 0 spiro atoms. The summed E-state index contributed by atoms with van der Waals surface area (Å²) in [5, 5.41) is 0.707. The van der Waals surface area contributed by atoms with Crippen LogP contribution < -0.4 is 15.3 Å². The largest absolute Gasteiger partial charge is 0.338 e. The molecule has 38 heavy (non-hydrogen) atoms. The zero-order chi connectivity index (χ0) is 27.6. The van der Waals surface area contributed by atoms with Gasteiger partial charge in [-0.2, -0.15) is 0 Å². The van der Waals surface area contributed by atoms with Crippen LogP contribution in [-0.4, -0.2) is 65.2 Å². The molecule has 4 rings (SSSR count). The van der Waals surface area contributed by atoms with Crippen molar-refractivity contribution in [3.05, 3.63) is 63.7 Å². The van der Waals surface area contributed by atoms with E-state index in [9.17, 15) is 14.0 Å². The van der Waals surface area contributed by atoms with E-state index >= 15 is 0 Å². The number of hydrogen-bond donors (Lipinski definition) is 0. The second-order valence-electron chi connectivity index (χ2n) is 9.52. The second kappa shape index (κ2) is 11.3. The minimum atomic E-state index is -1.25. The van der Waals surface area contributed by atoms with Crippen LogP contribution in [0.5, 0.6) is 0 Å². The number of thioether (sulfide) groups is 1. The topological polar surface area (TPSA) is 74.0 Å². The number of hydrogen-bond acceptors (Lipinski definition) is 7. The number of carbonyl (C=O) groups is 2. The maximum Gasteiger partial charge on any atom is 0.255 e. The first-order valence-corrected chi connectivity index (χ1v) is 13.6. The number of pyridine rings is 2. The van der Waals surface area contributed by atoms with Gasteiger partial charge in [0.1, 0.15) is 11.2 Å². The number of piperidine rings is 1. The number of nitrogens with zero attached hydrogens (tertiary/aromatic N) is 6. The fourth-order valence-corrected chi connectivity index (χ4v) is 5.49. The molecule has 0 bridgehead atoms. The van der Waals surface area contributed by atoms with Crippen LogP contribution in [0.1, 0.15) is 48.8 Å². The first-order valence-electron chi connectivity index (χ1n) is 12.4. The van der Waals surface area contributed by atoms with Gasteiger partial charge in [-0.05, 0) is 38.8 Å². The van der Waals surface area contributed by atoms with Gasteiger partial charge >= 0.3 is 0 Å². The maximum absolute atomic E-state index is 14.3. The highest BCUT2D eigenvalue weighted by Gasteiger charge is 2.33. The van der Waals surface area contributed by atoms with Crippen molar-refractivity contribution < 1.29 is 14.0 Å². The normalized spacial score (nSPS) is 17.9. The summed E-state index contributed by atoms with van der Waals surface area (Å²) in [6.45, 7) is 11.0. The Kier molecular flexibility index (Phi) is 8.32. The van der Waals surface area contributed by atoms with Crippen molar-refractivity contribution in [1.29, 1.82) is 0 Å². The Hall–Kier alpha value is -3.11. The van der Waals surface area contributed by atoms with E-state index in [0.717, 1.165) is 5.69 Å². The molecular formula is C27H32ClFN6O2S. The van der Waals surface area contributed by atoms with Gasteiger partial charge in [0.15, 0.2) is 5.82 Å². The van der Waals surface area contributed by atoms with E-state index in [1.807, 2.05) is 34.9 Å². The fraction of sp³-hybridized carbons (Fsp3) is 0.407. The Morgan fingerprint density at radius 1 is 1.24 bits per heavy atom. The number of amides is 1. The van der Waals surface area contributed by atoms with Crippen molar-refractivity contribution in [2.24, 2.45) is 4.99 Å². The quantitative estimate of drug-likeness (QED) is 0.496. The summed E-state index contributed by atoms with van der Waals surface area (Å²) in [5.41, 5.74) is 1.24. The third-order valence-corrected chi connectivity index (χ3v) is 8.16. The average molecular weight is 559 g/mol. The molecule has 1 saturated heterocycles. The number of rotatable bonds is 5. The van der Waals surface area contributed by atoms with Crippen molar-refractivity contribution in [1.82, 2.24) is 14.5 Å². The van der Waals surface area contributed by atoms with E-state index in [-0.39, 0.29) is 11.8 Å². The van der Waals surface area contributed by atoms with Crippen LogP contribution in [0.25, 0.3) is 0 Å². The lowest BCUT2D eigenvalue weighted by Crippen LogP contribution is -2.43. The minimum Gasteiger partial charge on any atom is -0.338 e. The van der Waals surface area contributed by atoms with Gasteiger partial charge in [0.2, 0.25) is 5.91 Å². The van der Waals surface area contributed by atoms with Gasteiger partial charge in [0.25, 0.3) is 5.91 Å². The summed E-state index contributed by atoms with van der Waals surface area (Å²) in [6.07, 6.45) is 5.68. The van der Waals surface area contributed by atoms with Gasteiger partial charge in [-0.15, -0.1) is 0 Å². The third-order valence-electron chi connectivity index (χ3n) is 6.82. The summed E-state index contributed by atoms with van der Waals surface area (Å²) in [6, 6.07) is 5.50. The van der Waals surface area contributed by atoms with E-state index in [2.05, 4.69) is 11.6 Å². The third kappa shape index (κ3) is 5.81.